The number of nitrogens with one attached hydrogen (secondary N) is 1. The molecule has 2 aliphatic heterocycles. The topological polar surface area (TPSA) is 76.5 Å². The van der Waals surface area contributed by atoms with Crippen LogP contribution in [0.1, 0.15) is 18.4 Å². The molecule has 0 radical (unpaired) electrons. The molecule has 0 aromatic carbocycles. The van der Waals surface area contributed by atoms with E-state index in [0.717, 1.165) is 5.56 Å². The van der Waals surface area contributed by atoms with Crippen molar-refractivity contribution in [2.75, 3.05) is 33.4 Å². The summed E-state index contributed by atoms with van der Waals surface area (Å²) in [4.78, 5) is 26.8. The summed E-state index contributed by atoms with van der Waals surface area (Å²) in [5.74, 6) is 0.235. The van der Waals surface area contributed by atoms with Gasteiger partial charge in [0.25, 0.3) is 0 Å². The van der Waals surface area contributed by atoms with Gasteiger partial charge >= 0.3 is 0 Å². The highest BCUT2D eigenvalue weighted by Gasteiger charge is 2.54. The van der Waals surface area contributed by atoms with Gasteiger partial charge in [0.15, 0.2) is 0 Å². The van der Waals surface area contributed by atoms with E-state index in [2.05, 4.69) is 10.4 Å². The fourth-order valence-corrected chi connectivity index (χ4v) is 3.77. The van der Waals surface area contributed by atoms with E-state index in [0.29, 0.717) is 45.6 Å². The Labute approximate surface area is 136 Å². The third-order valence-corrected chi connectivity index (χ3v) is 5.12. The number of amides is 2. The van der Waals surface area contributed by atoms with E-state index < -0.39 is 5.41 Å². The molecule has 0 saturated carbocycles. The fourth-order valence-electron chi connectivity index (χ4n) is 3.77. The molecule has 1 aromatic rings. The molecule has 2 fully saturated rings. The largest absolute Gasteiger partial charge is 0.381 e. The molecule has 0 spiro atoms. The Morgan fingerprint density at radius 2 is 2.35 bits per heavy atom. The van der Waals surface area contributed by atoms with Crippen LogP contribution in [0, 0.1) is 11.3 Å². The highest BCUT2D eigenvalue weighted by molar-refractivity contribution is 5.85. The number of ether oxygens (including phenoxy) is 1. The van der Waals surface area contributed by atoms with Gasteiger partial charge in [0, 0.05) is 52.3 Å². The van der Waals surface area contributed by atoms with E-state index in [9.17, 15) is 9.59 Å². The van der Waals surface area contributed by atoms with Gasteiger partial charge in [-0.15, -0.1) is 0 Å². The molecule has 23 heavy (non-hydrogen) atoms. The van der Waals surface area contributed by atoms with Crippen LogP contribution in [0.4, 0.5) is 0 Å². The summed E-state index contributed by atoms with van der Waals surface area (Å²) < 4.78 is 7.27. The van der Waals surface area contributed by atoms with E-state index in [1.165, 1.54) is 0 Å². The van der Waals surface area contributed by atoms with E-state index >= 15 is 0 Å². The quantitative estimate of drug-likeness (QED) is 0.845. The predicted octanol–water partition coefficient (Wildman–Crippen LogP) is -0.0362. The molecule has 0 bridgehead atoms. The first-order chi connectivity index (χ1) is 11.0. The summed E-state index contributed by atoms with van der Waals surface area (Å²) in [6, 6.07) is 0. The van der Waals surface area contributed by atoms with Gasteiger partial charge in [-0.1, -0.05) is 0 Å². The number of fused-ring (bicyclic) bond motifs is 1. The number of hydrogen-bond donors (Lipinski definition) is 1. The van der Waals surface area contributed by atoms with Gasteiger partial charge in [0.2, 0.25) is 11.8 Å². The predicted molar refractivity (Wildman–Crippen MR) is 83.5 cm³/mol. The van der Waals surface area contributed by atoms with Gasteiger partial charge in [-0.3, -0.25) is 14.3 Å². The van der Waals surface area contributed by atoms with E-state index in [4.69, 9.17) is 4.74 Å². The van der Waals surface area contributed by atoms with Crippen molar-refractivity contribution in [3.05, 3.63) is 18.0 Å². The summed E-state index contributed by atoms with van der Waals surface area (Å²) in [6.07, 6.45) is 5.53. The lowest BCUT2D eigenvalue weighted by Crippen LogP contribution is -2.49. The Balaban J connectivity index is 1.64. The van der Waals surface area contributed by atoms with Crippen LogP contribution in [0.5, 0.6) is 0 Å². The number of rotatable bonds is 4. The zero-order valence-corrected chi connectivity index (χ0v) is 13.7. The van der Waals surface area contributed by atoms with E-state index in [1.54, 1.807) is 17.9 Å². The van der Waals surface area contributed by atoms with Crippen LogP contribution >= 0.6 is 0 Å². The molecule has 3 heterocycles. The molecule has 126 valence electrons. The number of nitrogens with zero attached hydrogens (tertiary/aromatic N) is 3. The van der Waals surface area contributed by atoms with Gasteiger partial charge in [-0.05, 0) is 18.4 Å². The van der Waals surface area contributed by atoms with Gasteiger partial charge in [0.1, 0.15) is 0 Å². The summed E-state index contributed by atoms with van der Waals surface area (Å²) in [6.45, 7) is 2.26. The van der Waals surface area contributed by atoms with Crippen LogP contribution in [0.25, 0.3) is 0 Å². The highest BCUT2D eigenvalue weighted by Crippen LogP contribution is 2.42. The van der Waals surface area contributed by atoms with Crippen molar-refractivity contribution in [3.63, 3.8) is 0 Å². The molecule has 1 aromatic heterocycles. The standard InChI is InChI=1S/C16H24N4O3/c1-17-15(22)16-5-6-23-10-13(16)9-20(11-16)14(21)4-3-12-7-18-19(2)8-12/h7-8,13H,3-6,9-11H2,1-2H3,(H,17,22)/t13-,16+/m1/s1. The maximum atomic E-state index is 12.5. The summed E-state index contributed by atoms with van der Waals surface area (Å²) in [5, 5.41) is 6.89. The number of aromatic nitrogens is 2. The third kappa shape index (κ3) is 2.97. The van der Waals surface area contributed by atoms with E-state index in [1.807, 2.05) is 18.1 Å². The average Bonchev–Trinajstić information content (AvgIpc) is 3.15. The third-order valence-electron chi connectivity index (χ3n) is 5.12. The smallest absolute Gasteiger partial charge is 0.228 e. The maximum absolute atomic E-state index is 12.5. The van der Waals surface area contributed by atoms with Crippen LogP contribution in [-0.2, 0) is 27.8 Å². The molecule has 2 aliphatic rings. The zero-order valence-electron chi connectivity index (χ0n) is 13.7. The second-order valence-corrected chi connectivity index (χ2v) is 6.55. The molecule has 2 amide bonds. The lowest BCUT2D eigenvalue weighted by molar-refractivity contribution is -0.139. The number of carbonyl (C=O) groups excluding carboxylic acids is 2. The minimum absolute atomic E-state index is 0.0355. The van der Waals surface area contributed by atoms with Crippen LogP contribution in [-0.4, -0.2) is 59.8 Å². The number of aryl methyl sites for hydroxylation is 2. The molecule has 7 nitrogen and oxygen atoms in total. The lowest BCUT2D eigenvalue weighted by Gasteiger charge is -2.36. The van der Waals surface area contributed by atoms with Gasteiger partial charge in [-0.25, -0.2) is 0 Å². The number of carbonyl (C=O) groups is 2. The molecule has 7 heteroatoms. The zero-order chi connectivity index (χ0) is 16.4. The minimum atomic E-state index is -0.475. The van der Waals surface area contributed by atoms with E-state index in [-0.39, 0.29) is 17.7 Å². The summed E-state index contributed by atoms with van der Waals surface area (Å²) >= 11 is 0. The van der Waals surface area contributed by atoms with Gasteiger partial charge < -0.3 is 15.0 Å². The Morgan fingerprint density at radius 3 is 3.04 bits per heavy atom. The Bertz CT molecular complexity index is 600. The Morgan fingerprint density at radius 1 is 1.52 bits per heavy atom. The van der Waals surface area contributed by atoms with Crippen molar-refractivity contribution in [1.29, 1.82) is 0 Å². The first kappa shape index (κ1) is 16.0. The summed E-state index contributed by atoms with van der Waals surface area (Å²) in [7, 11) is 3.53. The molecule has 1 N–H and O–H groups in total. The van der Waals surface area contributed by atoms with Crippen LogP contribution in [0.15, 0.2) is 12.4 Å². The molecule has 0 aliphatic carbocycles. The van der Waals surface area contributed by atoms with Gasteiger partial charge in [-0.2, -0.15) is 5.10 Å². The molecule has 0 unspecified atom stereocenters. The molecular weight excluding hydrogens is 296 g/mol. The minimum Gasteiger partial charge on any atom is -0.381 e. The lowest BCUT2D eigenvalue weighted by atomic mass is 9.73. The second kappa shape index (κ2) is 6.31. The van der Waals surface area contributed by atoms with Crippen molar-refractivity contribution >= 4 is 11.8 Å². The Kier molecular flexibility index (Phi) is 4.39. The van der Waals surface area contributed by atoms with Crippen molar-refractivity contribution in [2.45, 2.75) is 19.3 Å². The monoisotopic (exact) mass is 320 g/mol. The van der Waals surface area contributed by atoms with Crippen LogP contribution < -0.4 is 5.32 Å². The van der Waals surface area contributed by atoms with Crippen molar-refractivity contribution in [3.8, 4) is 0 Å². The first-order valence-corrected chi connectivity index (χ1v) is 8.10. The van der Waals surface area contributed by atoms with Crippen molar-refractivity contribution in [2.24, 2.45) is 18.4 Å². The number of likely N-dealkylation sites (tertiary alicyclic amines) is 1. The normalized spacial score (nSPS) is 26.9. The van der Waals surface area contributed by atoms with Crippen LogP contribution in [0.3, 0.4) is 0 Å². The van der Waals surface area contributed by atoms with Crippen molar-refractivity contribution < 1.29 is 14.3 Å². The SMILES string of the molecule is CNC(=O)[C@]12CCOC[C@H]1CN(C(=O)CCc1cnn(C)c1)C2. The first-order valence-electron chi connectivity index (χ1n) is 8.10. The second-order valence-electron chi connectivity index (χ2n) is 6.55. The maximum Gasteiger partial charge on any atom is 0.228 e. The summed E-state index contributed by atoms with van der Waals surface area (Å²) in [5.41, 5.74) is 0.582. The molecule has 2 saturated heterocycles. The van der Waals surface area contributed by atoms with Crippen molar-refractivity contribution in [1.82, 2.24) is 20.0 Å². The fraction of sp³-hybridized carbons (Fsp3) is 0.688. The Hall–Kier alpha value is -1.89. The molecular formula is C16H24N4O3. The molecule has 2 atom stereocenters. The number of hydrogen-bond acceptors (Lipinski definition) is 4. The molecule has 3 rings (SSSR count). The van der Waals surface area contributed by atoms with Gasteiger partial charge in [0.05, 0.1) is 18.2 Å². The average molecular weight is 320 g/mol. The highest BCUT2D eigenvalue weighted by atomic mass is 16.5. The van der Waals surface area contributed by atoms with Crippen LogP contribution in [0.2, 0.25) is 0 Å².